The van der Waals surface area contributed by atoms with Crippen molar-refractivity contribution in [2.45, 2.75) is 13.8 Å². The van der Waals surface area contributed by atoms with Gasteiger partial charge in [-0.05, 0) is 49.8 Å². The van der Waals surface area contributed by atoms with Crippen molar-refractivity contribution in [1.82, 2.24) is 0 Å². The molecule has 2 rings (SSSR count). The largest absolute Gasteiger partial charge is 0.465 e. The highest BCUT2D eigenvalue weighted by molar-refractivity contribution is 6.12. The molecule has 0 aliphatic heterocycles. The van der Waals surface area contributed by atoms with Crippen molar-refractivity contribution in [2.24, 2.45) is 0 Å². The molecule has 0 aromatic heterocycles. The number of rotatable bonds is 7. The molecule has 144 valence electrons. The molecular weight excluding hydrogens is 354 g/mol. The van der Waals surface area contributed by atoms with Gasteiger partial charge in [0.2, 0.25) is 0 Å². The van der Waals surface area contributed by atoms with Crippen LogP contribution < -0.4 is 10.2 Å². The molecule has 0 aliphatic rings. The maximum atomic E-state index is 12.5. The van der Waals surface area contributed by atoms with Crippen LogP contribution in [0.15, 0.2) is 54.1 Å². The number of carbonyl (C=O) groups is 2. The molecule has 0 unspecified atom stereocenters. The molecule has 0 aliphatic carbocycles. The molecule has 2 aromatic carbocycles. The van der Waals surface area contributed by atoms with E-state index in [9.17, 15) is 14.9 Å². The van der Waals surface area contributed by atoms with Crippen LogP contribution in [0.4, 0.5) is 11.4 Å². The summed E-state index contributed by atoms with van der Waals surface area (Å²) in [5, 5.41) is 12.0. The number of methoxy groups -OCH3 is 1. The van der Waals surface area contributed by atoms with Gasteiger partial charge in [0, 0.05) is 18.8 Å². The van der Waals surface area contributed by atoms with Crippen molar-refractivity contribution < 1.29 is 14.3 Å². The molecule has 28 heavy (non-hydrogen) atoms. The fraction of sp³-hybridized carbons (Fsp3) is 0.227. The van der Waals surface area contributed by atoms with E-state index in [1.54, 1.807) is 24.3 Å². The van der Waals surface area contributed by atoms with Gasteiger partial charge in [0.1, 0.15) is 11.6 Å². The van der Waals surface area contributed by atoms with E-state index in [1.807, 2.05) is 30.3 Å². The second-order valence-corrected chi connectivity index (χ2v) is 5.92. The Labute approximate surface area is 165 Å². The Balaban J connectivity index is 2.23. The number of ether oxygens (including phenoxy) is 1. The highest BCUT2D eigenvalue weighted by Crippen LogP contribution is 2.19. The third-order valence-corrected chi connectivity index (χ3v) is 4.28. The minimum Gasteiger partial charge on any atom is -0.465 e. The first-order chi connectivity index (χ1) is 13.5. The van der Waals surface area contributed by atoms with Gasteiger partial charge in [-0.2, -0.15) is 5.26 Å². The quantitative estimate of drug-likeness (QED) is 0.450. The van der Waals surface area contributed by atoms with Crippen molar-refractivity contribution in [3.05, 3.63) is 65.2 Å². The number of esters is 1. The van der Waals surface area contributed by atoms with Gasteiger partial charge in [-0.25, -0.2) is 4.79 Å². The van der Waals surface area contributed by atoms with Crippen LogP contribution in [0.1, 0.15) is 29.8 Å². The molecular formula is C22H23N3O3. The lowest BCUT2D eigenvalue weighted by atomic mass is 10.1. The Morgan fingerprint density at radius 3 is 2.32 bits per heavy atom. The van der Waals surface area contributed by atoms with Gasteiger partial charge >= 0.3 is 5.97 Å². The van der Waals surface area contributed by atoms with Gasteiger partial charge in [-0.15, -0.1) is 0 Å². The number of hydrogen-bond acceptors (Lipinski definition) is 5. The lowest BCUT2D eigenvalue weighted by Crippen LogP contribution is -2.21. The van der Waals surface area contributed by atoms with Crippen LogP contribution in [0.5, 0.6) is 0 Å². The third kappa shape index (κ3) is 4.98. The van der Waals surface area contributed by atoms with Gasteiger partial charge in [0.25, 0.3) is 5.91 Å². The monoisotopic (exact) mass is 377 g/mol. The van der Waals surface area contributed by atoms with E-state index in [-0.39, 0.29) is 16.8 Å². The van der Waals surface area contributed by atoms with Gasteiger partial charge < -0.3 is 15.0 Å². The SMILES string of the molecule is CCN(CC)c1ccc(C=C(C#N)C(=O)Nc2ccccc2C(=O)OC)cc1. The highest BCUT2D eigenvalue weighted by atomic mass is 16.5. The molecule has 0 bridgehead atoms. The zero-order valence-corrected chi connectivity index (χ0v) is 16.2. The topological polar surface area (TPSA) is 82.4 Å². The van der Waals surface area contributed by atoms with Crippen molar-refractivity contribution in [1.29, 1.82) is 5.26 Å². The van der Waals surface area contributed by atoms with Crippen LogP contribution in [0, 0.1) is 11.3 Å². The number of nitriles is 1. The summed E-state index contributed by atoms with van der Waals surface area (Å²) < 4.78 is 4.72. The average molecular weight is 377 g/mol. The Bertz CT molecular complexity index is 907. The van der Waals surface area contributed by atoms with Crippen LogP contribution in [0.2, 0.25) is 0 Å². The molecule has 6 nitrogen and oxygen atoms in total. The maximum absolute atomic E-state index is 12.5. The molecule has 0 spiro atoms. The first-order valence-electron chi connectivity index (χ1n) is 8.99. The Morgan fingerprint density at radius 2 is 1.75 bits per heavy atom. The van der Waals surface area contributed by atoms with Gasteiger partial charge in [-0.3, -0.25) is 4.79 Å². The fourth-order valence-electron chi connectivity index (χ4n) is 2.76. The van der Waals surface area contributed by atoms with Crippen LogP contribution >= 0.6 is 0 Å². The van der Waals surface area contributed by atoms with Crippen LogP contribution in [-0.4, -0.2) is 32.1 Å². The molecule has 0 fully saturated rings. The van der Waals surface area contributed by atoms with Crippen LogP contribution in [0.3, 0.4) is 0 Å². The van der Waals surface area contributed by atoms with Crippen molar-refractivity contribution >= 4 is 29.3 Å². The predicted molar refractivity (Wildman–Crippen MR) is 110 cm³/mol. The summed E-state index contributed by atoms with van der Waals surface area (Å²) in [4.78, 5) is 26.5. The standard InChI is InChI=1S/C22H23N3O3/c1-4-25(5-2)18-12-10-16(11-13-18)14-17(15-23)21(26)24-20-9-7-6-8-19(20)22(27)28-3/h6-14H,4-5H2,1-3H3,(H,24,26). The zero-order chi connectivity index (χ0) is 20.5. The van der Waals surface area contributed by atoms with Crippen LogP contribution in [-0.2, 0) is 9.53 Å². The minimum atomic E-state index is -0.591. The first kappa shape index (κ1) is 20.7. The number of nitrogens with one attached hydrogen (secondary N) is 1. The van der Waals surface area contributed by atoms with Gasteiger partial charge in [0.15, 0.2) is 0 Å². The maximum Gasteiger partial charge on any atom is 0.339 e. The van der Waals surface area contributed by atoms with Gasteiger partial charge in [0.05, 0.1) is 18.4 Å². The number of para-hydroxylation sites is 1. The molecule has 0 saturated carbocycles. The van der Waals surface area contributed by atoms with E-state index in [4.69, 9.17) is 4.74 Å². The third-order valence-electron chi connectivity index (χ3n) is 4.28. The average Bonchev–Trinajstić information content (AvgIpc) is 2.73. The molecule has 6 heteroatoms. The summed E-state index contributed by atoms with van der Waals surface area (Å²) >= 11 is 0. The summed E-state index contributed by atoms with van der Waals surface area (Å²) in [5.74, 6) is -1.16. The van der Waals surface area contributed by atoms with E-state index in [0.717, 1.165) is 24.3 Å². The fourth-order valence-corrected chi connectivity index (χ4v) is 2.76. The summed E-state index contributed by atoms with van der Waals surface area (Å²) in [7, 11) is 1.27. The molecule has 0 saturated heterocycles. The van der Waals surface area contributed by atoms with E-state index >= 15 is 0 Å². The molecule has 0 atom stereocenters. The second kappa shape index (κ2) is 9.93. The summed E-state index contributed by atoms with van der Waals surface area (Å²) in [6, 6.07) is 16.0. The number of carbonyl (C=O) groups excluding carboxylic acids is 2. The summed E-state index contributed by atoms with van der Waals surface area (Å²) in [6.45, 7) is 5.97. The summed E-state index contributed by atoms with van der Waals surface area (Å²) in [5.41, 5.74) is 2.27. The second-order valence-electron chi connectivity index (χ2n) is 5.92. The predicted octanol–water partition coefficient (Wildman–Crippen LogP) is 3.87. The Morgan fingerprint density at radius 1 is 1.11 bits per heavy atom. The zero-order valence-electron chi connectivity index (χ0n) is 16.2. The number of hydrogen-bond donors (Lipinski definition) is 1. The minimum absolute atomic E-state index is 0.0599. The van der Waals surface area contributed by atoms with E-state index in [1.165, 1.54) is 13.2 Å². The Hall–Kier alpha value is -3.59. The van der Waals surface area contributed by atoms with Crippen LogP contribution in [0.25, 0.3) is 6.08 Å². The highest BCUT2D eigenvalue weighted by Gasteiger charge is 2.15. The Kier molecular flexibility index (Phi) is 7.35. The number of anilines is 2. The molecule has 0 heterocycles. The van der Waals surface area contributed by atoms with Crippen molar-refractivity contribution in [2.75, 3.05) is 30.4 Å². The van der Waals surface area contributed by atoms with Gasteiger partial charge in [-0.1, -0.05) is 24.3 Å². The molecule has 1 N–H and O–H groups in total. The van der Waals surface area contributed by atoms with Crippen molar-refractivity contribution in [3.8, 4) is 6.07 Å². The van der Waals surface area contributed by atoms with E-state index < -0.39 is 11.9 Å². The van der Waals surface area contributed by atoms with Crippen molar-refractivity contribution in [3.63, 3.8) is 0 Å². The summed E-state index contributed by atoms with van der Waals surface area (Å²) in [6.07, 6.45) is 1.52. The van der Waals surface area contributed by atoms with E-state index in [2.05, 4.69) is 24.1 Å². The van der Waals surface area contributed by atoms with E-state index in [0.29, 0.717) is 0 Å². The smallest absolute Gasteiger partial charge is 0.339 e. The number of amides is 1. The first-order valence-corrected chi connectivity index (χ1v) is 8.99. The molecule has 2 aromatic rings. The molecule has 1 amide bonds. The number of benzene rings is 2. The number of nitrogens with zero attached hydrogens (tertiary/aromatic N) is 2. The lowest BCUT2D eigenvalue weighted by Gasteiger charge is -2.20. The normalized spacial score (nSPS) is 10.7. The molecule has 0 radical (unpaired) electrons. The lowest BCUT2D eigenvalue weighted by molar-refractivity contribution is -0.112.